The van der Waals surface area contributed by atoms with Gasteiger partial charge in [-0.05, 0) is 30.0 Å². The summed E-state index contributed by atoms with van der Waals surface area (Å²) in [5.74, 6) is 0.351. The molecule has 2 aliphatic rings. The molecule has 2 aliphatic heterocycles. The van der Waals surface area contributed by atoms with Gasteiger partial charge >= 0.3 is 6.03 Å². The van der Waals surface area contributed by atoms with Crippen molar-refractivity contribution >= 4 is 17.6 Å². The number of nitrogens with zero attached hydrogens (tertiary/aromatic N) is 2. The second-order valence-electron chi connectivity index (χ2n) is 4.83. The third kappa shape index (κ3) is 1.72. The van der Waals surface area contributed by atoms with Gasteiger partial charge in [0.25, 0.3) is 0 Å². The summed E-state index contributed by atoms with van der Waals surface area (Å²) < 4.78 is 0. The number of nitrogens with one attached hydrogen (secondary N) is 1. The molecule has 0 saturated heterocycles. The van der Waals surface area contributed by atoms with Gasteiger partial charge in [0.15, 0.2) is 0 Å². The van der Waals surface area contributed by atoms with Gasteiger partial charge in [-0.15, -0.1) is 0 Å². The molecule has 94 valence electrons. The smallest absolute Gasteiger partial charge is 0.343 e. The molecule has 1 aromatic carbocycles. The average Bonchev–Trinajstić information content (AvgIpc) is 2.68. The first-order chi connectivity index (χ1) is 8.65. The lowest BCUT2D eigenvalue weighted by atomic mass is 9.96. The summed E-state index contributed by atoms with van der Waals surface area (Å²) in [6.45, 7) is 1.09. The van der Waals surface area contributed by atoms with Gasteiger partial charge in [-0.1, -0.05) is 12.1 Å². The van der Waals surface area contributed by atoms with Crippen molar-refractivity contribution in [3.05, 3.63) is 29.3 Å². The van der Waals surface area contributed by atoms with E-state index in [2.05, 4.69) is 34.4 Å². The van der Waals surface area contributed by atoms with E-state index in [0.717, 1.165) is 24.9 Å². The van der Waals surface area contributed by atoms with Gasteiger partial charge in [-0.2, -0.15) is 4.99 Å². The van der Waals surface area contributed by atoms with Gasteiger partial charge in [0.2, 0.25) is 0 Å². The van der Waals surface area contributed by atoms with Gasteiger partial charge < -0.3 is 16.0 Å². The summed E-state index contributed by atoms with van der Waals surface area (Å²) in [7, 11) is 2.10. The molecule has 18 heavy (non-hydrogen) atoms. The Morgan fingerprint density at radius 3 is 3.06 bits per heavy atom. The van der Waals surface area contributed by atoms with Crippen LogP contribution < -0.4 is 16.0 Å². The molecule has 0 bridgehead atoms. The van der Waals surface area contributed by atoms with E-state index in [-0.39, 0.29) is 12.1 Å². The molecule has 0 fully saturated rings. The Morgan fingerprint density at radius 2 is 2.33 bits per heavy atom. The van der Waals surface area contributed by atoms with Crippen molar-refractivity contribution in [1.82, 2.24) is 5.32 Å². The zero-order valence-corrected chi connectivity index (χ0v) is 10.3. The average molecular weight is 244 g/mol. The number of hydrogen-bond acceptors (Lipinski definition) is 3. The van der Waals surface area contributed by atoms with E-state index in [1.165, 1.54) is 11.3 Å². The number of carbonyl (C=O) groups excluding carboxylic acids is 1. The first-order valence-electron chi connectivity index (χ1n) is 6.13. The molecule has 0 spiro atoms. The highest BCUT2D eigenvalue weighted by atomic mass is 16.2. The molecule has 3 N–H and O–H groups in total. The maximum Gasteiger partial charge on any atom is 0.343 e. The van der Waals surface area contributed by atoms with Crippen LogP contribution in [0.25, 0.3) is 0 Å². The third-order valence-electron chi connectivity index (χ3n) is 3.58. The van der Waals surface area contributed by atoms with Crippen LogP contribution in [-0.4, -0.2) is 25.5 Å². The van der Waals surface area contributed by atoms with E-state index in [1.807, 2.05) is 6.07 Å². The molecule has 0 aliphatic carbocycles. The molecular formula is C13H16N4O. The fourth-order valence-electron chi connectivity index (χ4n) is 2.65. The molecule has 1 atom stereocenters. The predicted octanol–water partition coefficient (Wildman–Crippen LogP) is 1.19. The molecular weight excluding hydrogens is 228 g/mol. The summed E-state index contributed by atoms with van der Waals surface area (Å²) >= 11 is 0. The van der Waals surface area contributed by atoms with Crippen LogP contribution in [0.2, 0.25) is 0 Å². The van der Waals surface area contributed by atoms with Crippen LogP contribution in [0.4, 0.5) is 10.5 Å². The van der Waals surface area contributed by atoms with E-state index in [1.54, 1.807) is 0 Å². The number of urea groups is 1. The molecule has 0 saturated carbocycles. The number of fused-ring (bicyclic) bond motifs is 1. The predicted molar refractivity (Wildman–Crippen MR) is 70.9 cm³/mol. The number of anilines is 1. The van der Waals surface area contributed by atoms with Gasteiger partial charge in [-0.25, -0.2) is 4.79 Å². The minimum Gasteiger partial charge on any atom is -0.385 e. The van der Waals surface area contributed by atoms with Gasteiger partial charge in [0.05, 0.1) is 0 Å². The van der Waals surface area contributed by atoms with Crippen LogP contribution in [-0.2, 0) is 6.42 Å². The summed E-state index contributed by atoms with van der Waals surface area (Å²) in [6, 6.07) is 5.62. The topological polar surface area (TPSA) is 70.7 Å². The number of rotatable bonds is 1. The number of benzene rings is 1. The third-order valence-corrected chi connectivity index (χ3v) is 3.58. The van der Waals surface area contributed by atoms with E-state index < -0.39 is 0 Å². The number of hydrogen-bond donors (Lipinski definition) is 2. The van der Waals surface area contributed by atoms with Crippen LogP contribution in [0.5, 0.6) is 0 Å². The Morgan fingerprint density at radius 1 is 1.50 bits per heavy atom. The SMILES string of the molecule is CN1CCCc2cc(C3NC(=O)N=C3N)ccc21. The maximum atomic E-state index is 11.2. The van der Waals surface area contributed by atoms with Crippen molar-refractivity contribution in [3.63, 3.8) is 0 Å². The summed E-state index contributed by atoms with van der Waals surface area (Å²) in [6.07, 6.45) is 2.23. The standard InChI is InChI=1S/C13H16N4O/c1-17-6-2-3-8-7-9(4-5-10(8)17)11-12(14)16-13(18)15-11/h4-5,7,11H,2-3,6H2,1H3,(H3,14,15,16,18). The highest BCUT2D eigenvalue weighted by Gasteiger charge is 2.26. The Kier molecular flexibility index (Phi) is 2.47. The van der Waals surface area contributed by atoms with Crippen molar-refractivity contribution in [2.24, 2.45) is 10.7 Å². The zero-order chi connectivity index (χ0) is 12.7. The quantitative estimate of drug-likeness (QED) is 0.779. The number of carbonyl (C=O) groups is 1. The summed E-state index contributed by atoms with van der Waals surface area (Å²) in [5, 5.41) is 2.76. The normalized spacial score (nSPS) is 22.5. The fraction of sp³-hybridized carbons (Fsp3) is 0.385. The molecule has 1 aromatic rings. The van der Waals surface area contributed by atoms with E-state index in [9.17, 15) is 4.79 Å². The minimum absolute atomic E-state index is 0.268. The lowest BCUT2D eigenvalue weighted by molar-refractivity contribution is 0.250. The molecule has 5 heteroatoms. The Bertz CT molecular complexity index is 538. The summed E-state index contributed by atoms with van der Waals surface area (Å²) in [4.78, 5) is 17.2. The van der Waals surface area contributed by atoms with Gasteiger partial charge in [-0.3, -0.25) is 0 Å². The minimum atomic E-state index is -0.354. The molecule has 0 aromatic heterocycles. The van der Waals surface area contributed by atoms with Crippen LogP contribution in [0.15, 0.2) is 23.2 Å². The fourth-order valence-corrected chi connectivity index (χ4v) is 2.65. The monoisotopic (exact) mass is 244 g/mol. The number of nitrogens with two attached hydrogens (primary N) is 1. The molecule has 5 nitrogen and oxygen atoms in total. The second-order valence-corrected chi connectivity index (χ2v) is 4.83. The van der Waals surface area contributed by atoms with Crippen LogP contribution in [0, 0.1) is 0 Å². The first kappa shape index (κ1) is 11.1. The molecule has 1 unspecified atom stereocenters. The Labute approximate surface area is 106 Å². The van der Waals surface area contributed by atoms with Crippen LogP contribution >= 0.6 is 0 Å². The van der Waals surface area contributed by atoms with Gasteiger partial charge in [0, 0.05) is 19.3 Å². The largest absolute Gasteiger partial charge is 0.385 e. The van der Waals surface area contributed by atoms with Crippen molar-refractivity contribution in [3.8, 4) is 0 Å². The van der Waals surface area contributed by atoms with Crippen LogP contribution in [0.3, 0.4) is 0 Å². The maximum absolute atomic E-state index is 11.2. The lowest BCUT2D eigenvalue weighted by Crippen LogP contribution is -2.29. The first-order valence-corrected chi connectivity index (χ1v) is 6.13. The highest BCUT2D eigenvalue weighted by Crippen LogP contribution is 2.29. The van der Waals surface area contributed by atoms with Crippen molar-refractivity contribution in [2.45, 2.75) is 18.9 Å². The van der Waals surface area contributed by atoms with Crippen molar-refractivity contribution in [1.29, 1.82) is 0 Å². The van der Waals surface area contributed by atoms with Gasteiger partial charge in [0.1, 0.15) is 11.9 Å². The van der Waals surface area contributed by atoms with E-state index >= 15 is 0 Å². The van der Waals surface area contributed by atoms with Crippen molar-refractivity contribution < 1.29 is 4.79 Å². The van der Waals surface area contributed by atoms with Crippen LogP contribution in [0.1, 0.15) is 23.6 Å². The Hall–Kier alpha value is -2.04. The molecule has 0 radical (unpaired) electrons. The highest BCUT2D eigenvalue weighted by molar-refractivity contribution is 6.03. The Balaban J connectivity index is 1.96. The van der Waals surface area contributed by atoms with Crippen molar-refractivity contribution in [2.75, 3.05) is 18.5 Å². The summed E-state index contributed by atoms with van der Waals surface area (Å²) in [5.41, 5.74) is 9.35. The number of aryl methyl sites for hydroxylation is 1. The second kappa shape index (κ2) is 4.01. The zero-order valence-electron chi connectivity index (χ0n) is 10.3. The lowest BCUT2D eigenvalue weighted by Gasteiger charge is -2.28. The van der Waals surface area contributed by atoms with E-state index in [4.69, 9.17) is 5.73 Å². The van der Waals surface area contributed by atoms with E-state index in [0.29, 0.717) is 5.84 Å². The molecule has 2 heterocycles. The number of amidine groups is 1. The molecule has 2 amide bonds. The molecule has 3 rings (SSSR count). The number of amides is 2. The number of aliphatic imine (C=N–C) groups is 1.